The SMILES string of the molecule is CC(O)CCN(C)S(=O)(=O)c1cc(Br)cnc1NN. The van der Waals surface area contributed by atoms with E-state index >= 15 is 0 Å². The summed E-state index contributed by atoms with van der Waals surface area (Å²) in [5.41, 5.74) is 2.26. The van der Waals surface area contributed by atoms with Gasteiger partial charge in [0, 0.05) is 24.3 Å². The van der Waals surface area contributed by atoms with Gasteiger partial charge in [-0.05, 0) is 35.3 Å². The normalized spacial score (nSPS) is 13.6. The lowest BCUT2D eigenvalue weighted by atomic mass is 10.3. The maximum Gasteiger partial charge on any atom is 0.246 e. The van der Waals surface area contributed by atoms with Gasteiger partial charge in [-0.2, -0.15) is 0 Å². The van der Waals surface area contributed by atoms with E-state index in [-0.39, 0.29) is 17.3 Å². The van der Waals surface area contributed by atoms with E-state index in [1.165, 1.54) is 19.3 Å². The lowest BCUT2D eigenvalue weighted by Crippen LogP contribution is -2.30. The first-order chi connectivity index (χ1) is 8.78. The maximum atomic E-state index is 12.4. The minimum absolute atomic E-state index is 0.0162. The largest absolute Gasteiger partial charge is 0.393 e. The monoisotopic (exact) mass is 352 g/mol. The number of hydrogen-bond donors (Lipinski definition) is 3. The van der Waals surface area contributed by atoms with Crippen LogP contribution in [0.5, 0.6) is 0 Å². The number of nitrogens with one attached hydrogen (secondary N) is 1. The Balaban J connectivity index is 3.09. The van der Waals surface area contributed by atoms with Gasteiger partial charge in [-0.25, -0.2) is 23.5 Å². The number of rotatable bonds is 6. The van der Waals surface area contributed by atoms with Crippen molar-refractivity contribution >= 4 is 31.8 Å². The molecule has 0 bridgehead atoms. The van der Waals surface area contributed by atoms with Crippen molar-refractivity contribution in [3.63, 3.8) is 0 Å². The Hall–Kier alpha value is -0.740. The standard InChI is InChI=1S/C10H17BrN4O3S/c1-7(16)3-4-15(2)19(17,18)9-5-8(11)6-13-10(9)14-12/h5-7,16H,3-4,12H2,1-2H3,(H,13,14). The van der Waals surface area contributed by atoms with Crippen molar-refractivity contribution in [2.75, 3.05) is 19.0 Å². The molecule has 1 heterocycles. The number of anilines is 1. The molecule has 0 spiro atoms. The quantitative estimate of drug-likeness (QED) is 0.508. The zero-order valence-corrected chi connectivity index (χ0v) is 13.1. The van der Waals surface area contributed by atoms with Gasteiger partial charge in [0.25, 0.3) is 0 Å². The molecule has 1 aromatic heterocycles. The van der Waals surface area contributed by atoms with Gasteiger partial charge >= 0.3 is 0 Å². The van der Waals surface area contributed by atoms with Gasteiger partial charge in [-0.15, -0.1) is 0 Å². The molecule has 9 heteroatoms. The summed E-state index contributed by atoms with van der Waals surface area (Å²) in [5, 5.41) is 9.21. The number of halogens is 1. The summed E-state index contributed by atoms with van der Waals surface area (Å²) in [4.78, 5) is 3.89. The Bertz CT molecular complexity index is 536. The van der Waals surface area contributed by atoms with Crippen LogP contribution in [0, 0.1) is 0 Å². The van der Waals surface area contributed by atoms with Gasteiger partial charge in [0.05, 0.1) is 6.10 Å². The summed E-state index contributed by atoms with van der Waals surface area (Å²) in [7, 11) is -2.27. The average molecular weight is 353 g/mol. The molecule has 0 fully saturated rings. The fourth-order valence-corrected chi connectivity index (χ4v) is 3.18. The van der Waals surface area contributed by atoms with Crippen molar-refractivity contribution in [2.45, 2.75) is 24.3 Å². The number of aliphatic hydroxyl groups is 1. The number of aliphatic hydroxyl groups excluding tert-OH is 1. The Kier molecular flexibility index (Phi) is 5.68. The molecule has 7 nitrogen and oxygen atoms in total. The molecule has 0 radical (unpaired) electrons. The molecule has 1 atom stereocenters. The molecule has 0 saturated heterocycles. The summed E-state index contributed by atoms with van der Waals surface area (Å²) in [5.74, 6) is 5.34. The number of nitrogens with two attached hydrogens (primary N) is 1. The van der Waals surface area contributed by atoms with Crippen LogP contribution in [0.2, 0.25) is 0 Å². The minimum Gasteiger partial charge on any atom is -0.393 e. The molecule has 0 aliphatic rings. The lowest BCUT2D eigenvalue weighted by Gasteiger charge is -2.19. The molecule has 1 unspecified atom stereocenters. The Morgan fingerprint density at radius 1 is 1.63 bits per heavy atom. The van der Waals surface area contributed by atoms with Crippen LogP contribution in [0.15, 0.2) is 21.6 Å². The van der Waals surface area contributed by atoms with E-state index in [4.69, 9.17) is 5.84 Å². The lowest BCUT2D eigenvalue weighted by molar-refractivity contribution is 0.177. The second kappa shape index (κ2) is 6.62. The predicted octanol–water partition coefficient (Wildman–Crippen LogP) is 0.521. The molecule has 0 amide bonds. The van der Waals surface area contributed by atoms with Crippen LogP contribution in [-0.2, 0) is 10.0 Å². The topological polar surface area (TPSA) is 109 Å². The van der Waals surface area contributed by atoms with Gasteiger partial charge in [-0.1, -0.05) is 0 Å². The van der Waals surface area contributed by atoms with Crippen LogP contribution in [0.1, 0.15) is 13.3 Å². The number of pyridine rings is 1. The number of sulfonamides is 1. The van der Waals surface area contributed by atoms with Gasteiger partial charge in [0.1, 0.15) is 4.90 Å². The van der Waals surface area contributed by atoms with Crippen molar-refractivity contribution < 1.29 is 13.5 Å². The first kappa shape index (κ1) is 16.3. The smallest absolute Gasteiger partial charge is 0.246 e. The van der Waals surface area contributed by atoms with Crippen LogP contribution in [-0.4, -0.2) is 42.5 Å². The summed E-state index contributed by atoms with van der Waals surface area (Å²) < 4.78 is 26.4. The number of hydrazine groups is 1. The summed E-state index contributed by atoms with van der Waals surface area (Å²) in [6, 6.07) is 1.43. The fraction of sp³-hybridized carbons (Fsp3) is 0.500. The van der Waals surface area contributed by atoms with E-state index < -0.39 is 16.1 Å². The third-order valence-electron chi connectivity index (χ3n) is 2.51. The van der Waals surface area contributed by atoms with Crippen molar-refractivity contribution in [1.29, 1.82) is 0 Å². The highest BCUT2D eigenvalue weighted by molar-refractivity contribution is 9.10. The molecule has 0 aromatic carbocycles. The maximum absolute atomic E-state index is 12.4. The van der Waals surface area contributed by atoms with Crippen molar-refractivity contribution in [3.05, 3.63) is 16.7 Å². The summed E-state index contributed by atoms with van der Waals surface area (Å²) in [6.45, 7) is 1.81. The summed E-state index contributed by atoms with van der Waals surface area (Å²) in [6.07, 6.45) is 1.23. The van der Waals surface area contributed by atoms with E-state index in [1.54, 1.807) is 6.92 Å². The highest BCUT2D eigenvalue weighted by Crippen LogP contribution is 2.24. The van der Waals surface area contributed by atoms with E-state index in [0.29, 0.717) is 10.9 Å². The van der Waals surface area contributed by atoms with Crippen LogP contribution in [0.3, 0.4) is 0 Å². The van der Waals surface area contributed by atoms with Gasteiger partial charge in [-0.3, -0.25) is 0 Å². The molecular weight excluding hydrogens is 336 g/mol. The molecule has 0 aliphatic heterocycles. The molecule has 1 rings (SSSR count). The van der Waals surface area contributed by atoms with Crippen LogP contribution >= 0.6 is 15.9 Å². The van der Waals surface area contributed by atoms with Crippen molar-refractivity contribution in [3.8, 4) is 0 Å². The van der Waals surface area contributed by atoms with Gasteiger partial charge in [0.15, 0.2) is 5.82 Å². The zero-order chi connectivity index (χ0) is 14.6. The number of nitrogens with zero attached hydrogens (tertiary/aromatic N) is 2. The van der Waals surface area contributed by atoms with Gasteiger partial charge < -0.3 is 10.5 Å². The van der Waals surface area contributed by atoms with Gasteiger partial charge in [0.2, 0.25) is 10.0 Å². The van der Waals surface area contributed by atoms with E-state index in [2.05, 4.69) is 26.3 Å². The van der Waals surface area contributed by atoms with Crippen LogP contribution in [0.4, 0.5) is 5.82 Å². The Labute approximate surface area is 121 Å². The minimum atomic E-state index is -3.71. The number of hydrogen-bond acceptors (Lipinski definition) is 6. The van der Waals surface area contributed by atoms with E-state index in [9.17, 15) is 13.5 Å². The molecule has 4 N–H and O–H groups in total. The highest BCUT2D eigenvalue weighted by atomic mass is 79.9. The van der Waals surface area contributed by atoms with E-state index in [0.717, 1.165) is 4.31 Å². The third-order valence-corrected chi connectivity index (χ3v) is 4.81. The fourth-order valence-electron chi connectivity index (χ4n) is 1.38. The molecule has 108 valence electrons. The summed E-state index contributed by atoms with van der Waals surface area (Å²) >= 11 is 3.18. The predicted molar refractivity (Wildman–Crippen MR) is 75.9 cm³/mol. The first-order valence-electron chi connectivity index (χ1n) is 5.55. The third kappa shape index (κ3) is 4.11. The molecular formula is C10H17BrN4O3S. The number of nitrogen functional groups attached to an aromatic ring is 1. The molecule has 1 aromatic rings. The Morgan fingerprint density at radius 2 is 2.26 bits per heavy atom. The zero-order valence-electron chi connectivity index (χ0n) is 10.7. The first-order valence-corrected chi connectivity index (χ1v) is 7.79. The second-order valence-electron chi connectivity index (χ2n) is 4.11. The van der Waals surface area contributed by atoms with Crippen LogP contribution < -0.4 is 11.3 Å². The number of aromatic nitrogens is 1. The van der Waals surface area contributed by atoms with Crippen molar-refractivity contribution in [1.82, 2.24) is 9.29 Å². The highest BCUT2D eigenvalue weighted by Gasteiger charge is 2.25. The molecule has 0 saturated carbocycles. The second-order valence-corrected chi connectivity index (χ2v) is 7.04. The van der Waals surface area contributed by atoms with E-state index in [1.807, 2.05) is 0 Å². The van der Waals surface area contributed by atoms with Crippen LogP contribution in [0.25, 0.3) is 0 Å². The van der Waals surface area contributed by atoms with Crippen molar-refractivity contribution in [2.24, 2.45) is 5.84 Å². The molecule has 0 aliphatic carbocycles. The molecule has 19 heavy (non-hydrogen) atoms. The Morgan fingerprint density at radius 3 is 2.79 bits per heavy atom. The average Bonchev–Trinajstić information content (AvgIpc) is 2.35.